The molecule has 0 aliphatic rings. The molecule has 0 atom stereocenters. The highest BCUT2D eigenvalue weighted by Crippen LogP contribution is 2.25. The van der Waals surface area contributed by atoms with Gasteiger partial charge in [0.2, 0.25) is 0 Å². The van der Waals surface area contributed by atoms with Gasteiger partial charge in [-0.15, -0.1) is 0 Å². The predicted molar refractivity (Wildman–Crippen MR) is 109 cm³/mol. The highest BCUT2D eigenvalue weighted by Gasteiger charge is 2.05. The Labute approximate surface area is 169 Å². The van der Waals surface area contributed by atoms with Crippen molar-refractivity contribution >= 4 is 74.5 Å². The monoisotopic (exact) mass is 422 g/mol. The molecule has 0 fully saturated rings. The largest absolute Gasteiger partial charge is 0.298 e. The van der Waals surface area contributed by atoms with Gasteiger partial charge in [0, 0.05) is 20.8 Å². The summed E-state index contributed by atoms with van der Waals surface area (Å²) < 4.78 is 0. The summed E-state index contributed by atoms with van der Waals surface area (Å²) in [5, 5.41) is 3.63. The molecule has 4 aromatic rings. The lowest BCUT2D eigenvalue weighted by Crippen LogP contribution is -1.88. The second-order valence-corrected chi connectivity index (χ2v) is 6.79. The minimum absolute atomic E-state index is 0.203. The first-order valence-electron chi connectivity index (χ1n) is 7.40. The Bertz CT molecular complexity index is 1120. The van der Waals surface area contributed by atoms with Gasteiger partial charge in [0.05, 0.1) is 16.6 Å². The number of aldehydes is 1. The predicted octanol–water partition coefficient (Wildman–Crippen LogP) is 6.90. The molecule has 130 valence electrons. The van der Waals surface area contributed by atoms with E-state index in [2.05, 4.69) is 9.97 Å². The summed E-state index contributed by atoms with van der Waals surface area (Å²) in [6.07, 6.45) is 0.665. The first-order chi connectivity index (χ1) is 12.5. The fraction of sp³-hybridized carbons (Fsp3) is 0. The average Bonchev–Trinajstić information content (AvgIpc) is 2.62. The maximum absolute atomic E-state index is 10.6. The van der Waals surface area contributed by atoms with E-state index in [1.54, 1.807) is 30.3 Å². The molecule has 26 heavy (non-hydrogen) atoms. The number of benzene rings is 2. The van der Waals surface area contributed by atoms with Crippen molar-refractivity contribution in [1.82, 2.24) is 9.97 Å². The Morgan fingerprint density at radius 2 is 1.35 bits per heavy atom. The first-order valence-corrected chi connectivity index (χ1v) is 8.91. The number of nitrogens with zero attached hydrogens (tertiary/aromatic N) is 2. The molecule has 0 aliphatic heterocycles. The Balaban J connectivity index is 0.000000152. The lowest BCUT2D eigenvalue weighted by atomic mass is 10.2. The van der Waals surface area contributed by atoms with Crippen LogP contribution in [0.15, 0.2) is 54.6 Å². The molecule has 0 N–H and O–H groups in total. The molecule has 0 bridgehead atoms. The maximum Gasteiger partial charge on any atom is 0.153 e. The Morgan fingerprint density at radius 1 is 0.731 bits per heavy atom. The van der Waals surface area contributed by atoms with Gasteiger partial charge in [-0.2, -0.15) is 0 Å². The molecule has 0 aliphatic carbocycles. The van der Waals surface area contributed by atoms with Crippen LogP contribution in [0.1, 0.15) is 10.4 Å². The minimum Gasteiger partial charge on any atom is -0.298 e. The van der Waals surface area contributed by atoms with Crippen LogP contribution in [0.4, 0.5) is 0 Å². The summed E-state index contributed by atoms with van der Waals surface area (Å²) in [5.74, 6) is 0. The Kier molecular flexibility index (Phi) is 5.94. The van der Waals surface area contributed by atoms with Crippen molar-refractivity contribution in [2.24, 2.45) is 0 Å². The molecule has 7 heteroatoms. The number of aromatic nitrogens is 2. The van der Waals surface area contributed by atoms with Crippen molar-refractivity contribution in [1.29, 1.82) is 0 Å². The van der Waals surface area contributed by atoms with Crippen LogP contribution in [0.5, 0.6) is 0 Å². The van der Waals surface area contributed by atoms with E-state index in [0.717, 1.165) is 16.3 Å². The molecule has 2 aromatic heterocycles. The van der Waals surface area contributed by atoms with Crippen molar-refractivity contribution in [3.63, 3.8) is 0 Å². The molecule has 0 saturated heterocycles. The third-order valence-electron chi connectivity index (χ3n) is 3.56. The van der Waals surface area contributed by atoms with Gasteiger partial charge in [0.25, 0.3) is 0 Å². The van der Waals surface area contributed by atoms with Crippen LogP contribution in [0.2, 0.25) is 20.4 Å². The summed E-state index contributed by atoms with van der Waals surface area (Å²) in [6.45, 7) is 0. The summed E-state index contributed by atoms with van der Waals surface area (Å²) in [5.41, 5.74) is 1.87. The highest BCUT2D eigenvalue weighted by atomic mass is 35.5. The van der Waals surface area contributed by atoms with Crippen LogP contribution in [-0.4, -0.2) is 16.3 Å². The minimum atomic E-state index is 0.203. The van der Waals surface area contributed by atoms with Gasteiger partial charge in [0.1, 0.15) is 10.3 Å². The summed E-state index contributed by atoms with van der Waals surface area (Å²) in [6, 6.07) is 16.1. The quantitative estimate of drug-likeness (QED) is 0.247. The number of pyridine rings is 2. The van der Waals surface area contributed by atoms with Gasteiger partial charge in [-0.3, -0.25) is 4.79 Å². The van der Waals surface area contributed by atoms with Gasteiger partial charge in [-0.25, -0.2) is 9.97 Å². The smallest absolute Gasteiger partial charge is 0.153 e. The molecular formula is C19H10Cl4N2O. The summed E-state index contributed by atoms with van der Waals surface area (Å²) in [4.78, 5) is 18.8. The van der Waals surface area contributed by atoms with Gasteiger partial charge >= 0.3 is 0 Å². The second kappa shape index (κ2) is 8.19. The maximum atomic E-state index is 10.6. The zero-order valence-corrected chi connectivity index (χ0v) is 16.1. The molecular weight excluding hydrogens is 414 g/mol. The van der Waals surface area contributed by atoms with E-state index >= 15 is 0 Å². The Hall–Kier alpha value is -1.91. The van der Waals surface area contributed by atoms with E-state index in [0.29, 0.717) is 32.6 Å². The van der Waals surface area contributed by atoms with Crippen molar-refractivity contribution < 1.29 is 4.79 Å². The zero-order valence-electron chi connectivity index (χ0n) is 13.1. The van der Waals surface area contributed by atoms with Crippen LogP contribution in [0, 0.1) is 0 Å². The lowest BCUT2D eigenvalue weighted by molar-refractivity contribution is 0.112. The molecule has 0 radical (unpaired) electrons. The van der Waals surface area contributed by atoms with Crippen molar-refractivity contribution in [2.75, 3.05) is 0 Å². The number of hydrogen-bond donors (Lipinski definition) is 0. The third-order valence-corrected chi connectivity index (χ3v) is 4.73. The number of hydrogen-bond acceptors (Lipinski definition) is 3. The zero-order chi connectivity index (χ0) is 18.7. The number of carbonyl (C=O) groups excluding carboxylic acids is 1. The van der Waals surface area contributed by atoms with Crippen LogP contribution in [0.3, 0.4) is 0 Å². The fourth-order valence-electron chi connectivity index (χ4n) is 2.33. The SMILES string of the molecule is Clc1ccc2c(Cl)cccc2n1.O=Cc1cc2c(Cl)cccc2nc1Cl. The van der Waals surface area contributed by atoms with Gasteiger partial charge in [-0.05, 0) is 42.5 Å². The first kappa shape index (κ1) is 18.9. The van der Waals surface area contributed by atoms with Gasteiger partial charge < -0.3 is 0 Å². The standard InChI is InChI=1S/C10H5Cl2NO.C9H5Cl2N/c11-8-2-1-3-9-7(8)4-6(5-14)10(12)13-9;10-7-2-1-3-8-6(7)4-5-9(11)12-8/h1-5H;1-5H. The van der Waals surface area contributed by atoms with Crippen LogP contribution >= 0.6 is 46.4 Å². The molecule has 0 amide bonds. The molecule has 0 saturated carbocycles. The second-order valence-electron chi connectivity index (χ2n) is 5.23. The highest BCUT2D eigenvalue weighted by molar-refractivity contribution is 6.36. The fourth-order valence-corrected chi connectivity index (χ4v) is 3.13. The average molecular weight is 424 g/mol. The van der Waals surface area contributed by atoms with E-state index in [1.807, 2.05) is 24.3 Å². The molecule has 3 nitrogen and oxygen atoms in total. The van der Waals surface area contributed by atoms with E-state index in [1.165, 1.54) is 0 Å². The van der Waals surface area contributed by atoms with Crippen LogP contribution in [-0.2, 0) is 0 Å². The number of halogens is 4. The molecule has 2 heterocycles. The number of carbonyl (C=O) groups is 1. The van der Waals surface area contributed by atoms with Gasteiger partial charge in [0.15, 0.2) is 6.29 Å². The molecule has 0 spiro atoms. The van der Waals surface area contributed by atoms with Crippen molar-refractivity contribution in [3.8, 4) is 0 Å². The van der Waals surface area contributed by atoms with E-state index in [9.17, 15) is 4.79 Å². The van der Waals surface area contributed by atoms with Crippen LogP contribution < -0.4 is 0 Å². The van der Waals surface area contributed by atoms with E-state index in [4.69, 9.17) is 46.4 Å². The van der Waals surface area contributed by atoms with E-state index in [-0.39, 0.29) is 5.15 Å². The van der Waals surface area contributed by atoms with Crippen molar-refractivity contribution in [3.05, 3.63) is 80.5 Å². The third kappa shape index (κ3) is 4.08. The summed E-state index contributed by atoms with van der Waals surface area (Å²) in [7, 11) is 0. The topological polar surface area (TPSA) is 42.9 Å². The van der Waals surface area contributed by atoms with Crippen molar-refractivity contribution in [2.45, 2.75) is 0 Å². The van der Waals surface area contributed by atoms with Gasteiger partial charge in [-0.1, -0.05) is 58.5 Å². The Morgan fingerprint density at radius 3 is 2.00 bits per heavy atom. The molecule has 2 aromatic carbocycles. The lowest BCUT2D eigenvalue weighted by Gasteiger charge is -2.01. The molecule has 0 unspecified atom stereocenters. The molecule has 4 rings (SSSR count). The van der Waals surface area contributed by atoms with Crippen LogP contribution in [0.25, 0.3) is 21.8 Å². The number of rotatable bonds is 1. The normalized spacial score (nSPS) is 10.5. The summed E-state index contributed by atoms with van der Waals surface area (Å²) >= 11 is 23.4. The number of fused-ring (bicyclic) bond motifs is 2. The van der Waals surface area contributed by atoms with E-state index < -0.39 is 0 Å².